The molecule has 2 fully saturated rings. The molecule has 7 heteroatoms. The van der Waals surface area contributed by atoms with E-state index in [-0.39, 0.29) is 29.9 Å². The van der Waals surface area contributed by atoms with Gasteiger partial charge < -0.3 is 30.0 Å². The number of para-hydroxylation sites is 2. The minimum Gasteiger partial charge on any atom is -0.457 e. The first-order chi connectivity index (χ1) is 17.5. The number of aliphatic hydroxyl groups is 1. The van der Waals surface area contributed by atoms with Crippen LogP contribution in [-0.2, 0) is 14.3 Å². The molecule has 0 bridgehead atoms. The fourth-order valence-electron chi connectivity index (χ4n) is 5.46. The molecule has 4 rings (SSSR count). The Hall–Kier alpha value is -2.45. The number of rotatable bonds is 10. The maximum atomic E-state index is 13.3. The second-order valence-electron chi connectivity index (χ2n) is 10.1. The first-order valence-electron chi connectivity index (χ1n) is 13.1. The van der Waals surface area contributed by atoms with E-state index in [9.17, 15) is 9.90 Å². The standard InChI is InChI=1S/C29H40N2O5/c1-20-9-3-5-12-26(20)36-27-13-6-4-11-23(27)28(35-16-8-15-34-2)21-10-7-14-31(19-21)29(33)22-17-24(30)25(32)18-22/h3-6,9,11-13,21-22,24-25,28,32H,7-8,10,14-19,30H2,1-2H3/t21-,22+,24-,25+,28-/m1/s1. The van der Waals surface area contributed by atoms with Crippen LogP contribution in [-0.4, -0.2) is 61.5 Å². The zero-order chi connectivity index (χ0) is 25.5. The number of aliphatic hydroxyl groups excluding tert-OH is 1. The van der Waals surface area contributed by atoms with E-state index in [2.05, 4.69) is 6.07 Å². The van der Waals surface area contributed by atoms with Crippen LogP contribution in [0.25, 0.3) is 0 Å². The number of hydrogen-bond donors (Lipinski definition) is 2. The van der Waals surface area contributed by atoms with E-state index in [4.69, 9.17) is 19.9 Å². The zero-order valence-electron chi connectivity index (χ0n) is 21.5. The van der Waals surface area contributed by atoms with E-state index >= 15 is 0 Å². The van der Waals surface area contributed by atoms with Crippen molar-refractivity contribution >= 4 is 5.91 Å². The lowest BCUT2D eigenvalue weighted by atomic mass is 9.87. The number of piperidine rings is 1. The summed E-state index contributed by atoms with van der Waals surface area (Å²) in [5.41, 5.74) is 8.05. The third-order valence-corrected chi connectivity index (χ3v) is 7.45. The molecular weight excluding hydrogens is 456 g/mol. The number of aryl methyl sites for hydroxylation is 1. The number of methoxy groups -OCH3 is 1. The van der Waals surface area contributed by atoms with Gasteiger partial charge >= 0.3 is 0 Å². The molecule has 36 heavy (non-hydrogen) atoms. The van der Waals surface area contributed by atoms with Gasteiger partial charge in [0.05, 0.1) is 12.2 Å². The van der Waals surface area contributed by atoms with Gasteiger partial charge in [0.15, 0.2) is 0 Å². The molecule has 7 nitrogen and oxygen atoms in total. The first-order valence-corrected chi connectivity index (χ1v) is 13.1. The maximum absolute atomic E-state index is 13.3. The van der Waals surface area contributed by atoms with Crippen molar-refractivity contribution < 1.29 is 24.1 Å². The fraction of sp³-hybridized carbons (Fsp3) is 0.552. The Bertz CT molecular complexity index is 989. The topological polar surface area (TPSA) is 94.2 Å². The average molecular weight is 497 g/mol. The van der Waals surface area contributed by atoms with Crippen molar-refractivity contribution in [2.24, 2.45) is 17.6 Å². The smallest absolute Gasteiger partial charge is 0.225 e. The summed E-state index contributed by atoms with van der Waals surface area (Å²) in [4.78, 5) is 15.3. The molecule has 0 unspecified atom stereocenters. The Morgan fingerprint density at radius 1 is 1.11 bits per heavy atom. The van der Waals surface area contributed by atoms with Crippen molar-refractivity contribution in [2.45, 2.75) is 57.3 Å². The van der Waals surface area contributed by atoms with Gasteiger partial charge in [-0.1, -0.05) is 36.4 Å². The van der Waals surface area contributed by atoms with Gasteiger partial charge in [0, 0.05) is 56.9 Å². The molecule has 0 spiro atoms. The number of likely N-dealkylation sites (tertiary alicyclic amines) is 1. The normalized spacial score (nSPS) is 25.1. The van der Waals surface area contributed by atoms with Gasteiger partial charge in [-0.2, -0.15) is 0 Å². The zero-order valence-corrected chi connectivity index (χ0v) is 21.5. The maximum Gasteiger partial charge on any atom is 0.225 e. The van der Waals surface area contributed by atoms with Crippen LogP contribution in [0.15, 0.2) is 48.5 Å². The Balaban J connectivity index is 1.55. The van der Waals surface area contributed by atoms with Crippen LogP contribution in [0.4, 0.5) is 0 Å². The molecule has 5 atom stereocenters. The van der Waals surface area contributed by atoms with Crippen LogP contribution < -0.4 is 10.5 Å². The van der Waals surface area contributed by atoms with Crippen LogP contribution in [0.5, 0.6) is 11.5 Å². The largest absolute Gasteiger partial charge is 0.457 e. The molecule has 196 valence electrons. The van der Waals surface area contributed by atoms with Crippen molar-refractivity contribution in [2.75, 3.05) is 33.4 Å². The van der Waals surface area contributed by atoms with Gasteiger partial charge in [-0.25, -0.2) is 0 Å². The number of nitrogens with zero attached hydrogens (tertiary/aromatic N) is 1. The van der Waals surface area contributed by atoms with Gasteiger partial charge in [-0.15, -0.1) is 0 Å². The number of hydrogen-bond acceptors (Lipinski definition) is 6. The van der Waals surface area contributed by atoms with Gasteiger partial charge in [0.2, 0.25) is 5.91 Å². The lowest BCUT2D eigenvalue weighted by molar-refractivity contribution is -0.139. The van der Waals surface area contributed by atoms with Crippen LogP contribution in [0.3, 0.4) is 0 Å². The number of benzene rings is 2. The SMILES string of the molecule is COCCCO[C@@H](c1ccccc1Oc1ccccc1C)[C@@H]1CCCN(C(=O)[C@H]2C[C@@H](N)[C@@H](O)C2)C1. The molecule has 0 aromatic heterocycles. The van der Waals surface area contributed by atoms with Gasteiger partial charge in [-0.05, 0) is 56.7 Å². The molecule has 1 heterocycles. The Kier molecular flexibility index (Phi) is 9.37. The number of ether oxygens (including phenoxy) is 3. The summed E-state index contributed by atoms with van der Waals surface area (Å²) in [7, 11) is 1.69. The number of amides is 1. The summed E-state index contributed by atoms with van der Waals surface area (Å²) in [6.45, 7) is 4.58. The van der Waals surface area contributed by atoms with E-state index in [1.807, 2.05) is 54.3 Å². The highest BCUT2D eigenvalue weighted by atomic mass is 16.5. The number of carbonyl (C=O) groups excluding carboxylic acids is 1. The number of nitrogens with two attached hydrogens (primary N) is 1. The molecule has 3 N–H and O–H groups in total. The lowest BCUT2D eigenvalue weighted by Crippen LogP contribution is -2.44. The quantitative estimate of drug-likeness (QED) is 0.479. The molecule has 2 aliphatic rings. The van der Waals surface area contributed by atoms with E-state index in [0.717, 1.165) is 48.4 Å². The van der Waals surface area contributed by atoms with Crippen LogP contribution in [0.2, 0.25) is 0 Å². The van der Waals surface area contributed by atoms with E-state index in [0.29, 0.717) is 32.6 Å². The predicted molar refractivity (Wildman–Crippen MR) is 139 cm³/mol. The highest BCUT2D eigenvalue weighted by Crippen LogP contribution is 2.40. The summed E-state index contributed by atoms with van der Waals surface area (Å²) in [6, 6.07) is 15.7. The van der Waals surface area contributed by atoms with Crippen LogP contribution in [0.1, 0.15) is 49.3 Å². The van der Waals surface area contributed by atoms with Gasteiger partial charge in [-0.3, -0.25) is 4.79 Å². The second kappa shape index (κ2) is 12.7. The highest BCUT2D eigenvalue weighted by molar-refractivity contribution is 5.79. The highest BCUT2D eigenvalue weighted by Gasteiger charge is 2.39. The molecule has 1 saturated heterocycles. The van der Waals surface area contributed by atoms with Crippen LogP contribution in [0, 0.1) is 18.8 Å². The van der Waals surface area contributed by atoms with Crippen molar-refractivity contribution in [3.8, 4) is 11.5 Å². The molecule has 1 aliphatic carbocycles. The summed E-state index contributed by atoms with van der Waals surface area (Å²) >= 11 is 0. The summed E-state index contributed by atoms with van der Waals surface area (Å²) < 4.78 is 18.1. The predicted octanol–water partition coefficient (Wildman–Crippen LogP) is 4.22. The van der Waals surface area contributed by atoms with Crippen molar-refractivity contribution in [1.29, 1.82) is 0 Å². The Morgan fingerprint density at radius 2 is 1.86 bits per heavy atom. The van der Waals surface area contributed by atoms with Gasteiger partial charge in [0.1, 0.15) is 11.5 Å². The van der Waals surface area contributed by atoms with E-state index < -0.39 is 6.10 Å². The number of carbonyl (C=O) groups is 1. The third kappa shape index (κ3) is 6.45. The molecular formula is C29H40N2O5. The Morgan fingerprint density at radius 3 is 2.58 bits per heavy atom. The van der Waals surface area contributed by atoms with E-state index in [1.165, 1.54) is 0 Å². The lowest BCUT2D eigenvalue weighted by Gasteiger charge is -2.38. The summed E-state index contributed by atoms with van der Waals surface area (Å²) in [5, 5.41) is 10.1. The fourth-order valence-corrected chi connectivity index (χ4v) is 5.46. The van der Waals surface area contributed by atoms with E-state index in [1.54, 1.807) is 7.11 Å². The van der Waals surface area contributed by atoms with Crippen molar-refractivity contribution in [3.63, 3.8) is 0 Å². The van der Waals surface area contributed by atoms with Crippen molar-refractivity contribution in [3.05, 3.63) is 59.7 Å². The third-order valence-electron chi connectivity index (χ3n) is 7.45. The average Bonchev–Trinajstić information content (AvgIpc) is 3.23. The monoisotopic (exact) mass is 496 g/mol. The molecule has 2 aromatic rings. The minimum atomic E-state index is -0.595. The molecule has 0 radical (unpaired) electrons. The summed E-state index contributed by atoms with van der Waals surface area (Å²) in [6.07, 6.45) is 2.86. The van der Waals surface area contributed by atoms with Gasteiger partial charge in [0.25, 0.3) is 0 Å². The molecule has 1 aliphatic heterocycles. The van der Waals surface area contributed by atoms with Crippen LogP contribution >= 0.6 is 0 Å². The molecule has 2 aromatic carbocycles. The molecule has 1 saturated carbocycles. The Labute approximate surface area is 214 Å². The molecule has 1 amide bonds. The first kappa shape index (κ1) is 26.6. The minimum absolute atomic E-state index is 0.106. The van der Waals surface area contributed by atoms with Crippen molar-refractivity contribution in [1.82, 2.24) is 4.90 Å². The summed E-state index contributed by atoms with van der Waals surface area (Å²) in [5.74, 6) is 1.63. The second-order valence-corrected chi connectivity index (χ2v) is 10.1.